The molecular weight excluding hydrogens is 769 g/mol. The molecule has 0 bridgehead atoms. The summed E-state index contributed by atoms with van der Waals surface area (Å²) in [6.45, 7) is 8.61. The first-order valence-electron chi connectivity index (χ1n) is 20.7. The van der Waals surface area contributed by atoms with Crippen molar-refractivity contribution < 1.29 is 52.2 Å². The largest absolute Gasteiger partial charge is 0.485 e. The van der Waals surface area contributed by atoms with Crippen LogP contribution in [0.4, 0.5) is 0 Å². The molecule has 0 heterocycles. The molecule has 13 nitrogen and oxygen atoms in total. The van der Waals surface area contributed by atoms with Crippen LogP contribution in [0.15, 0.2) is 97.1 Å². The summed E-state index contributed by atoms with van der Waals surface area (Å²) in [7, 11) is 0. The molecule has 1 amide bonds. The van der Waals surface area contributed by atoms with E-state index in [-0.39, 0.29) is 5.91 Å². The Morgan fingerprint density at radius 1 is 0.517 bits per heavy atom. The normalized spacial score (nSPS) is 11.1. The summed E-state index contributed by atoms with van der Waals surface area (Å²) < 4.78 is 50.3. The van der Waals surface area contributed by atoms with E-state index >= 15 is 0 Å². The minimum Gasteiger partial charge on any atom is -0.485 e. The van der Waals surface area contributed by atoms with Crippen LogP contribution in [0.2, 0.25) is 0 Å². The Hall–Kier alpha value is -4.70. The van der Waals surface area contributed by atoms with Crippen molar-refractivity contribution in [2.24, 2.45) is 5.73 Å². The fourth-order valence-corrected chi connectivity index (χ4v) is 5.74. The van der Waals surface area contributed by atoms with Crippen LogP contribution in [0.1, 0.15) is 39.9 Å². The fraction of sp³-hybridized carbons (Fsp3) is 0.447. The number of carbonyl (C=O) groups excluding carboxylic acids is 2. The first kappa shape index (κ1) is 48.0. The van der Waals surface area contributed by atoms with Gasteiger partial charge in [-0.25, -0.2) is 0 Å². The minimum absolute atomic E-state index is 0.0135. The Morgan fingerprint density at radius 3 is 1.67 bits per heavy atom. The lowest BCUT2D eigenvalue weighted by molar-refractivity contribution is -0.121. The van der Waals surface area contributed by atoms with Crippen molar-refractivity contribution in [3.8, 4) is 22.6 Å². The lowest BCUT2D eigenvalue weighted by Crippen LogP contribution is -2.27. The van der Waals surface area contributed by atoms with Gasteiger partial charge < -0.3 is 53.7 Å². The number of amides is 1. The topological polar surface area (TPSA) is 155 Å². The number of hydrogen-bond donors (Lipinski definition) is 2. The average Bonchev–Trinajstić information content (AvgIpc) is 3.28. The molecule has 0 saturated carbocycles. The smallest absolute Gasteiger partial charge is 0.220 e. The Morgan fingerprint density at radius 2 is 1.07 bits per heavy atom. The Bertz CT molecular complexity index is 1730. The summed E-state index contributed by atoms with van der Waals surface area (Å²) in [4.78, 5) is 23.8. The second kappa shape index (κ2) is 31.2. The minimum atomic E-state index is 0.0135. The number of aryl methyl sites for hydroxylation is 1. The number of nitrogens with two attached hydrogens (primary N) is 1. The van der Waals surface area contributed by atoms with Gasteiger partial charge in [-0.3, -0.25) is 9.59 Å². The van der Waals surface area contributed by atoms with E-state index < -0.39 is 0 Å². The molecule has 0 spiro atoms. The molecule has 13 heteroatoms. The molecule has 4 aromatic rings. The summed E-state index contributed by atoms with van der Waals surface area (Å²) in [5, 5.41) is 2.92. The average molecular weight is 831 g/mol. The van der Waals surface area contributed by atoms with Gasteiger partial charge in [0.25, 0.3) is 0 Å². The maximum absolute atomic E-state index is 12.3. The first-order valence-corrected chi connectivity index (χ1v) is 20.7. The molecule has 0 aliphatic carbocycles. The van der Waals surface area contributed by atoms with Crippen molar-refractivity contribution in [2.45, 2.75) is 32.5 Å². The molecule has 0 aliphatic heterocycles. The van der Waals surface area contributed by atoms with E-state index in [1.165, 1.54) is 5.56 Å². The predicted molar refractivity (Wildman–Crippen MR) is 230 cm³/mol. The van der Waals surface area contributed by atoms with Gasteiger partial charge in [0.15, 0.2) is 11.5 Å². The molecule has 0 atom stereocenters. The maximum atomic E-state index is 12.3. The molecule has 0 aromatic heterocycles. The highest BCUT2D eigenvalue weighted by molar-refractivity contribution is 5.76. The molecule has 0 fully saturated rings. The summed E-state index contributed by atoms with van der Waals surface area (Å²) >= 11 is 0. The van der Waals surface area contributed by atoms with Gasteiger partial charge in [0, 0.05) is 25.1 Å². The summed E-state index contributed by atoms with van der Waals surface area (Å²) in [6, 6.07) is 31.7. The zero-order valence-corrected chi connectivity index (χ0v) is 34.7. The van der Waals surface area contributed by atoms with Crippen LogP contribution in [0.5, 0.6) is 11.5 Å². The van der Waals surface area contributed by atoms with E-state index in [1.54, 1.807) is 18.2 Å². The van der Waals surface area contributed by atoms with Crippen LogP contribution in [0.25, 0.3) is 11.1 Å². The highest BCUT2D eigenvalue weighted by Crippen LogP contribution is 2.30. The Labute approximate surface area is 354 Å². The monoisotopic (exact) mass is 830 g/mol. The molecule has 0 saturated heterocycles. The van der Waals surface area contributed by atoms with E-state index in [9.17, 15) is 9.59 Å². The highest BCUT2D eigenvalue weighted by Gasteiger charge is 2.10. The number of nitrogens with one attached hydrogen (secondary N) is 1. The van der Waals surface area contributed by atoms with Gasteiger partial charge in [0.2, 0.25) is 5.91 Å². The van der Waals surface area contributed by atoms with Crippen LogP contribution in [0, 0.1) is 0 Å². The van der Waals surface area contributed by atoms with Crippen molar-refractivity contribution in [1.82, 2.24) is 5.32 Å². The number of ether oxygens (including phenoxy) is 9. The molecule has 0 unspecified atom stereocenters. The standard InChI is InChI=1S/C47H62N2O11/c48-18-20-52-22-24-54-26-28-56-30-32-58-33-31-57-29-27-55-25-23-53-21-19-49-47(51)11-5-8-39-12-15-43(16-13-39)44-10-4-9-42(34-44)38-59-45-17-14-41(36-50)35-46(45)60-37-40-6-2-1-3-7-40/h1-4,6-7,9-10,12-17,34-36H,5,8,11,18-33,37-38,48H2,(H,49,51). The predicted octanol–water partition coefficient (Wildman–Crippen LogP) is 5.84. The van der Waals surface area contributed by atoms with E-state index in [1.807, 2.05) is 42.5 Å². The van der Waals surface area contributed by atoms with Crippen LogP contribution in [0.3, 0.4) is 0 Å². The SMILES string of the molecule is NCCOCCOCCOCCOCCOCCOCCOCCNC(=O)CCCc1ccc(-c2cccc(COc3ccc(C=O)cc3OCc3ccccc3)c2)cc1. The van der Waals surface area contributed by atoms with Gasteiger partial charge in [0.05, 0.1) is 92.5 Å². The van der Waals surface area contributed by atoms with E-state index in [0.717, 1.165) is 41.4 Å². The molecule has 0 radical (unpaired) electrons. The number of rotatable bonds is 35. The molecule has 326 valence electrons. The van der Waals surface area contributed by atoms with Crippen molar-refractivity contribution in [2.75, 3.05) is 106 Å². The third-order valence-electron chi connectivity index (χ3n) is 8.88. The van der Waals surface area contributed by atoms with Crippen LogP contribution in [-0.4, -0.2) is 118 Å². The molecule has 60 heavy (non-hydrogen) atoms. The lowest BCUT2D eigenvalue weighted by atomic mass is 10.00. The Balaban J connectivity index is 0.978. The number of benzene rings is 4. The van der Waals surface area contributed by atoms with Crippen LogP contribution in [-0.2, 0) is 57.6 Å². The van der Waals surface area contributed by atoms with E-state index in [0.29, 0.717) is 142 Å². The van der Waals surface area contributed by atoms with Gasteiger partial charge >= 0.3 is 0 Å². The zero-order chi connectivity index (χ0) is 42.1. The summed E-state index contributed by atoms with van der Waals surface area (Å²) in [5.74, 6) is 1.11. The fourth-order valence-electron chi connectivity index (χ4n) is 5.74. The maximum Gasteiger partial charge on any atom is 0.220 e. The zero-order valence-electron chi connectivity index (χ0n) is 34.7. The van der Waals surface area contributed by atoms with Gasteiger partial charge in [-0.15, -0.1) is 0 Å². The van der Waals surface area contributed by atoms with Gasteiger partial charge in [-0.2, -0.15) is 0 Å². The summed E-state index contributed by atoms with van der Waals surface area (Å²) in [5.41, 5.74) is 11.3. The number of hydrogen-bond acceptors (Lipinski definition) is 12. The van der Waals surface area contributed by atoms with Crippen molar-refractivity contribution in [3.63, 3.8) is 0 Å². The third-order valence-corrected chi connectivity index (χ3v) is 8.88. The second-order valence-electron chi connectivity index (χ2n) is 13.6. The molecule has 4 aromatic carbocycles. The molecule has 0 aliphatic rings. The Kier molecular flexibility index (Phi) is 25.0. The second-order valence-corrected chi connectivity index (χ2v) is 13.6. The van der Waals surface area contributed by atoms with Crippen molar-refractivity contribution in [1.29, 1.82) is 0 Å². The molecule has 3 N–H and O–H groups in total. The number of carbonyl (C=O) groups is 2. The van der Waals surface area contributed by atoms with Gasteiger partial charge in [-0.05, 0) is 64.9 Å². The van der Waals surface area contributed by atoms with E-state index in [2.05, 4.69) is 41.7 Å². The number of aldehydes is 1. The quantitative estimate of drug-likeness (QED) is 0.0423. The van der Waals surface area contributed by atoms with Gasteiger partial charge in [-0.1, -0.05) is 72.8 Å². The first-order chi connectivity index (χ1) is 29.6. The highest BCUT2D eigenvalue weighted by atomic mass is 16.6. The lowest BCUT2D eigenvalue weighted by Gasteiger charge is -2.14. The molecule has 4 rings (SSSR count). The molecular formula is C47H62N2O11. The summed E-state index contributed by atoms with van der Waals surface area (Å²) in [6.07, 6.45) is 2.81. The third kappa shape index (κ3) is 21.0. The van der Waals surface area contributed by atoms with Crippen molar-refractivity contribution >= 4 is 12.2 Å². The van der Waals surface area contributed by atoms with Gasteiger partial charge in [0.1, 0.15) is 19.5 Å². The van der Waals surface area contributed by atoms with Crippen LogP contribution >= 0.6 is 0 Å². The van der Waals surface area contributed by atoms with Crippen LogP contribution < -0.4 is 20.5 Å². The van der Waals surface area contributed by atoms with Crippen molar-refractivity contribution in [3.05, 3.63) is 119 Å². The van der Waals surface area contributed by atoms with E-state index in [4.69, 9.17) is 48.4 Å².